The van der Waals surface area contributed by atoms with Crippen LogP contribution in [0.3, 0.4) is 0 Å². The number of H-pyrrole nitrogens is 1. The molecule has 0 radical (unpaired) electrons. The third kappa shape index (κ3) is 3.83. The van der Waals surface area contributed by atoms with Gasteiger partial charge in [-0.3, -0.25) is 4.79 Å². The first-order valence-corrected chi connectivity index (χ1v) is 9.55. The van der Waals surface area contributed by atoms with Crippen molar-refractivity contribution in [1.29, 1.82) is 0 Å². The molecule has 0 atom stereocenters. The van der Waals surface area contributed by atoms with Gasteiger partial charge in [0.05, 0.1) is 11.1 Å². The zero-order valence-corrected chi connectivity index (χ0v) is 15.6. The maximum absolute atomic E-state index is 12.6. The Morgan fingerprint density at radius 1 is 1.15 bits per heavy atom. The Morgan fingerprint density at radius 3 is 2.85 bits per heavy atom. The van der Waals surface area contributed by atoms with Crippen LogP contribution in [0.1, 0.15) is 20.8 Å². The van der Waals surface area contributed by atoms with Crippen LogP contribution >= 0.6 is 11.3 Å². The lowest BCUT2D eigenvalue weighted by atomic mass is 10.1. The molecular formula is C20H19N5OS. The summed E-state index contributed by atoms with van der Waals surface area (Å²) in [5, 5.41) is 9.03. The number of thiophene rings is 1. The van der Waals surface area contributed by atoms with E-state index < -0.39 is 0 Å². The number of nitrogens with zero attached hydrogens (tertiary/aromatic N) is 2. The number of nitrogens with one attached hydrogen (secondary N) is 3. The van der Waals surface area contributed by atoms with Crippen LogP contribution in [0, 0.1) is 6.92 Å². The summed E-state index contributed by atoms with van der Waals surface area (Å²) in [5.41, 5.74) is 3.94. The molecule has 1 aromatic carbocycles. The van der Waals surface area contributed by atoms with Crippen LogP contribution < -0.4 is 10.6 Å². The third-order valence-electron chi connectivity index (χ3n) is 4.30. The molecule has 0 aliphatic rings. The molecule has 4 rings (SSSR count). The predicted octanol–water partition coefficient (Wildman–Crippen LogP) is 4.04. The molecule has 0 aliphatic carbocycles. The van der Waals surface area contributed by atoms with E-state index in [0.717, 1.165) is 23.1 Å². The van der Waals surface area contributed by atoms with Gasteiger partial charge in [0.25, 0.3) is 5.91 Å². The van der Waals surface area contributed by atoms with E-state index in [-0.39, 0.29) is 5.91 Å². The molecule has 7 heteroatoms. The second-order valence-corrected chi connectivity index (χ2v) is 7.16. The Bertz CT molecular complexity index is 1070. The maximum atomic E-state index is 12.6. The van der Waals surface area contributed by atoms with E-state index in [1.165, 1.54) is 28.8 Å². The molecular weight excluding hydrogens is 358 g/mol. The van der Waals surface area contributed by atoms with Crippen LogP contribution in [-0.2, 0) is 6.42 Å². The second kappa shape index (κ2) is 7.59. The van der Waals surface area contributed by atoms with Gasteiger partial charge < -0.3 is 15.6 Å². The third-order valence-corrected chi connectivity index (χ3v) is 5.21. The normalized spacial score (nSPS) is 10.9. The zero-order chi connectivity index (χ0) is 18.6. The smallest absolute Gasteiger partial charge is 0.263 e. The van der Waals surface area contributed by atoms with Crippen molar-refractivity contribution < 1.29 is 4.79 Å². The monoisotopic (exact) mass is 377 g/mol. The number of hydrogen-bond donors (Lipinski definition) is 3. The molecule has 27 heavy (non-hydrogen) atoms. The number of anilines is 2. The standard InChI is InChI=1S/C20H19N5OS/c1-13-2-4-14(5-3-13)6-9-22-20(26)17-16(8-11-27-17)25-19-15-7-10-21-18(15)23-12-24-19/h2-5,7-8,10-12H,6,9H2,1H3,(H,22,26)(H2,21,23,24,25). The van der Waals surface area contributed by atoms with Crippen molar-refractivity contribution in [2.45, 2.75) is 13.3 Å². The van der Waals surface area contributed by atoms with Gasteiger partial charge in [-0.25, -0.2) is 9.97 Å². The molecule has 0 fully saturated rings. The number of aromatic amines is 1. The summed E-state index contributed by atoms with van der Waals surface area (Å²) in [6, 6.07) is 12.2. The average Bonchev–Trinajstić information content (AvgIpc) is 3.33. The molecule has 0 saturated heterocycles. The largest absolute Gasteiger partial charge is 0.351 e. The van der Waals surface area contributed by atoms with Crippen molar-refractivity contribution in [3.63, 3.8) is 0 Å². The van der Waals surface area contributed by atoms with E-state index >= 15 is 0 Å². The van der Waals surface area contributed by atoms with Crippen molar-refractivity contribution in [1.82, 2.24) is 20.3 Å². The van der Waals surface area contributed by atoms with E-state index in [2.05, 4.69) is 56.8 Å². The second-order valence-electron chi connectivity index (χ2n) is 6.24. The van der Waals surface area contributed by atoms with Gasteiger partial charge in [0.2, 0.25) is 0 Å². The summed E-state index contributed by atoms with van der Waals surface area (Å²) < 4.78 is 0. The number of carbonyl (C=O) groups is 1. The van der Waals surface area contributed by atoms with Crippen molar-refractivity contribution in [3.8, 4) is 0 Å². The number of rotatable bonds is 6. The molecule has 0 saturated carbocycles. The number of fused-ring (bicyclic) bond motifs is 1. The molecule has 0 unspecified atom stereocenters. The molecule has 4 aromatic rings. The first kappa shape index (κ1) is 17.2. The van der Waals surface area contributed by atoms with Crippen molar-refractivity contribution in [3.05, 3.63) is 70.3 Å². The summed E-state index contributed by atoms with van der Waals surface area (Å²) >= 11 is 1.41. The molecule has 1 amide bonds. The van der Waals surface area contributed by atoms with Crippen LogP contribution in [0.5, 0.6) is 0 Å². The van der Waals surface area contributed by atoms with Crippen LogP contribution in [0.4, 0.5) is 11.5 Å². The molecule has 3 aromatic heterocycles. The van der Waals surface area contributed by atoms with E-state index in [0.29, 0.717) is 17.2 Å². The van der Waals surface area contributed by atoms with E-state index in [1.54, 1.807) is 0 Å². The average molecular weight is 377 g/mol. The van der Waals surface area contributed by atoms with Gasteiger partial charge >= 0.3 is 0 Å². The summed E-state index contributed by atoms with van der Waals surface area (Å²) in [4.78, 5) is 24.8. The minimum atomic E-state index is -0.0843. The Balaban J connectivity index is 1.42. The SMILES string of the molecule is Cc1ccc(CCNC(=O)c2sccc2Nc2ncnc3[nH]ccc23)cc1. The van der Waals surface area contributed by atoms with Gasteiger partial charge in [-0.1, -0.05) is 29.8 Å². The molecule has 3 N–H and O–H groups in total. The van der Waals surface area contributed by atoms with Gasteiger partial charge in [0, 0.05) is 12.7 Å². The fraction of sp³-hybridized carbons (Fsp3) is 0.150. The zero-order valence-electron chi connectivity index (χ0n) is 14.8. The first-order chi connectivity index (χ1) is 13.2. The number of amides is 1. The quantitative estimate of drug-likeness (QED) is 0.473. The number of hydrogen-bond acceptors (Lipinski definition) is 5. The van der Waals surface area contributed by atoms with Gasteiger partial charge in [0.1, 0.15) is 22.7 Å². The lowest BCUT2D eigenvalue weighted by Crippen LogP contribution is -2.25. The molecule has 136 valence electrons. The van der Waals surface area contributed by atoms with Gasteiger partial charge in [-0.15, -0.1) is 11.3 Å². The van der Waals surface area contributed by atoms with E-state index in [1.807, 2.05) is 23.7 Å². The minimum Gasteiger partial charge on any atom is -0.351 e. The topological polar surface area (TPSA) is 82.7 Å². The van der Waals surface area contributed by atoms with Crippen LogP contribution in [-0.4, -0.2) is 27.4 Å². The van der Waals surface area contributed by atoms with Gasteiger partial charge in [-0.2, -0.15) is 0 Å². The van der Waals surface area contributed by atoms with Crippen molar-refractivity contribution in [2.24, 2.45) is 0 Å². The molecule has 0 bridgehead atoms. The summed E-state index contributed by atoms with van der Waals surface area (Å²) in [5.74, 6) is 0.590. The molecule has 3 heterocycles. The van der Waals surface area contributed by atoms with Crippen LogP contribution in [0.25, 0.3) is 11.0 Å². The first-order valence-electron chi connectivity index (χ1n) is 8.67. The highest BCUT2D eigenvalue weighted by Gasteiger charge is 2.14. The van der Waals surface area contributed by atoms with E-state index in [9.17, 15) is 4.79 Å². The van der Waals surface area contributed by atoms with Crippen molar-refractivity contribution >= 4 is 39.8 Å². The fourth-order valence-electron chi connectivity index (χ4n) is 2.84. The van der Waals surface area contributed by atoms with Gasteiger partial charge in [-0.05, 0) is 36.4 Å². The lowest BCUT2D eigenvalue weighted by molar-refractivity contribution is 0.0959. The number of benzene rings is 1. The predicted molar refractivity (Wildman–Crippen MR) is 109 cm³/mol. The molecule has 0 spiro atoms. The molecule has 6 nitrogen and oxygen atoms in total. The summed E-state index contributed by atoms with van der Waals surface area (Å²) in [6.45, 7) is 2.66. The van der Waals surface area contributed by atoms with Gasteiger partial charge in [0.15, 0.2) is 0 Å². The Kier molecular flexibility index (Phi) is 4.84. The van der Waals surface area contributed by atoms with Crippen LogP contribution in [0.2, 0.25) is 0 Å². The molecule has 0 aliphatic heterocycles. The highest BCUT2D eigenvalue weighted by molar-refractivity contribution is 7.12. The number of aryl methyl sites for hydroxylation is 1. The Hall–Kier alpha value is -3.19. The number of carbonyl (C=O) groups excluding carboxylic acids is 1. The highest BCUT2D eigenvalue weighted by Crippen LogP contribution is 2.28. The van der Waals surface area contributed by atoms with E-state index in [4.69, 9.17) is 0 Å². The Morgan fingerprint density at radius 2 is 2.00 bits per heavy atom. The van der Waals surface area contributed by atoms with Crippen molar-refractivity contribution in [2.75, 3.05) is 11.9 Å². The lowest BCUT2D eigenvalue weighted by Gasteiger charge is -2.09. The highest BCUT2D eigenvalue weighted by atomic mass is 32.1. The minimum absolute atomic E-state index is 0.0843. The summed E-state index contributed by atoms with van der Waals surface area (Å²) in [7, 11) is 0. The summed E-state index contributed by atoms with van der Waals surface area (Å²) in [6.07, 6.45) is 4.11. The maximum Gasteiger partial charge on any atom is 0.263 e. The van der Waals surface area contributed by atoms with Crippen LogP contribution in [0.15, 0.2) is 54.3 Å². The fourth-order valence-corrected chi connectivity index (χ4v) is 3.60. The Labute approximate surface area is 160 Å². The number of aromatic nitrogens is 3.